The second-order valence-electron chi connectivity index (χ2n) is 5.18. The molecule has 0 spiro atoms. The monoisotopic (exact) mass is 256 g/mol. The van der Waals surface area contributed by atoms with Crippen molar-refractivity contribution in [3.8, 4) is 0 Å². The van der Waals surface area contributed by atoms with Crippen LogP contribution in [-0.2, 0) is 4.79 Å². The average molecular weight is 256 g/mol. The molecule has 0 aliphatic heterocycles. The van der Waals surface area contributed by atoms with Gasteiger partial charge < -0.3 is 5.11 Å². The van der Waals surface area contributed by atoms with E-state index in [1.165, 1.54) is 11.1 Å². The minimum absolute atomic E-state index is 0.0322. The molecule has 2 rings (SSSR count). The third kappa shape index (κ3) is 3.14. The standard InChI is InChI=1S/C17H20O2/c1-12-7-3-5-9-14(12)16(11-17(18)19)15-10-6-4-8-13(15)2/h3,5-7,9-10,16H,4,8,11H2,1-2H3,(H,18,19). The second-order valence-corrected chi connectivity index (χ2v) is 5.18. The number of aliphatic carboxylic acids is 1. The lowest BCUT2D eigenvalue weighted by molar-refractivity contribution is -0.137. The highest BCUT2D eigenvalue weighted by Crippen LogP contribution is 2.35. The molecule has 0 aromatic heterocycles. The Hall–Kier alpha value is -1.83. The lowest BCUT2D eigenvalue weighted by Crippen LogP contribution is -2.12. The number of rotatable bonds is 4. The summed E-state index contributed by atoms with van der Waals surface area (Å²) in [5, 5.41) is 9.21. The quantitative estimate of drug-likeness (QED) is 0.875. The molecule has 0 amide bonds. The van der Waals surface area contributed by atoms with Crippen LogP contribution in [0.2, 0.25) is 0 Å². The maximum atomic E-state index is 11.2. The van der Waals surface area contributed by atoms with Crippen LogP contribution in [0.1, 0.15) is 43.2 Å². The zero-order valence-electron chi connectivity index (χ0n) is 11.5. The van der Waals surface area contributed by atoms with E-state index in [2.05, 4.69) is 19.1 Å². The minimum Gasteiger partial charge on any atom is -0.481 e. The number of allylic oxidation sites excluding steroid dienone is 4. The van der Waals surface area contributed by atoms with Gasteiger partial charge in [-0.2, -0.15) is 0 Å². The maximum absolute atomic E-state index is 11.2. The Labute approximate surface area is 114 Å². The Bertz CT molecular complexity index is 538. The van der Waals surface area contributed by atoms with Crippen molar-refractivity contribution in [1.82, 2.24) is 0 Å². The van der Waals surface area contributed by atoms with Crippen LogP contribution in [0.3, 0.4) is 0 Å². The molecule has 1 aliphatic carbocycles. The summed E-state index contributed by atoms with van der Waals surface area (Å²) >= 11 is 0. The summed E-state index contributed by atoms with van der Waals surface area (Å²) < 4.78 is 0. The molecular formula is C17H20O2. The first-order valence-electron chi connectivity index (χ1n) is 6.73. The highest BCUT2D eigenvalue weighted by molar-refractivity contribution is 5.69. The number of carboxylic acid groups (broad SMARTS) is 1. The van der Waals surface area contributed by atoms with Gasteiger partial charge in [0.2, 0.25) is 0 Å². The van der Waals surface area contributed by atoms with Crippen LogP contribution in [0.5, 0.6) is 0 Å². The molecule has 2 heteroatoms. The summed E-state index contributed by atoms with van der Waals surface area (Å²) in [6, 6.07) is 8.08. The molecule has 0 saturated heterocycles. The van der Waals surface area contributed by atoms with Gasteiger partial charge >= 0.3 is 5.97 Å². The Morgan fingerprint density at radius 3 is 2.68 bits per heavy atom. The van der Waals surface area contributed by atoms with Crippen LogP contribution in [-0.4, -0.2) is 11.1 Å². The molecule has 0 saturated carbocycles. The molecule has 1 atom stereocenters. The lowest BCUT2D eigenvalue weighted by Gasteiger charge is -2.23. The highest BCUT2D eigenvalue weighted by Gasteiger charge is 2.22. The van der Waals surface area contributed by atoms with Crippen molar-refractivity contribution in [2.45, 2.75) is 39.0 Å². The smallest absolute Gasteiger partial charge is 0.304 e. The fourth-order valence-corrected chi connectivity index (χ4v) is 2.75. The molecule has 2 nitrogen and oxygen atoms in total. The van der Waals surface area contributed by atoms with Crippen molar-refractivity contribution in [2.24, 2.45) is 0 Å². The van der Waals surface area contributed by atoms with E-state index in [-0.39, 0.29) is 12.3 Å². The van der Waals surface area contributed by atoms with Gasteiger partial charge in [0.05, 0.1) is 6.42 Å². The van der Waals surface area contributed by atoms with E-state index in [1.807, 2.05) is 31.2 Å². The van der Waals surface area contributed by atoms with Crippen molar-refractivity contribution < 1.29 is 9.90 Å². The number of carboxylic acids is 1. The first-order valence-corrected chi connectivity index (χ1v) is 6.73. The van der Waals surface area contributed by atoms with E-state index in [9.17, 15) is 9.90 Å². The SMILES string of the molecule is CC1=C(C(CC(=O)O)c2ccccc2C)C=CCC1. The molecule has 0 heterocycles. The fraction of sp³-hybridized carbons (Fsp3) is 0.353. The van der Waals surface area contributed by atoms with Gasteiger partial charge in [0.1, 0.15) is 0 Å². The van der Waals surface area contributed by atoms with Crippen molar-refractivity contribution in [1.29, 1.82) is 0 Å². The summed E-state index contributed by atoms with van der Waals surface area (Å²) in [7, 11) is 0. The van der Waals surface area contributed by atoms with Gasteiger partial charge in [0, 0.05) is 5.92 Å². The summed E-state index contributed by atoms with van der Waals surface area (Å²) in [4.78, 5) is 11.2. The molecule has 0 fully saturated rings. The van der Waals surface area contributed by atoms with Gasteiger partial charge in [-0.1, -0.05) is 42.0 Å². The van der Waals surface area contributed by atoms with Crippen LogP contribution in [0.25, 0.3) is 0 Å². The van der Waals surface area contributed by atoms with E-state index in [1.54, 1.807) is 0 Å². The first kappa shape index (κ1) is 13.6. The largest absolute Gasteiger partial charge is 0.481 e. The third-order valence-electron chi connectivity index (χ3n) is 3.79. The molecule has 0 radical (unpaired) electrons. The molecule has 1 aliphatic rings. The number of benzene rings is 1. The predicted molar refractivity (Wildman–Crippen MR) is 77.2 cm³/mol. The minimum atomic E-state index is -0.743. The second kappa shape index (κ2) is 5.87. The molecule has 1 unspecified atom stereocenters. The Morgan fingerprint density at radius 2 is 2.05 bits per heavy atom. The molecule has 1 aromatic rings. The molecule has 100 valence electrons. The van der Waals surface area contributed by atoms with Crippen molar-refractivity contribution >= 4 is 5.97 Å². The Morgan fingerprint density at radius 1 is 1.32 bits per heavy atom. The van der Waals surface area contributed by atoms with Crippen molar-refractivity contribution in [2.75, 3.05) is 0 Å². The van der Waals surface area contributed by atoms with Gasteiger partial charge in [-0.3, -0.25) is 4.79 Å². The zero-order chi connectivity index (χ0) is 13.8. The highest BCUT2D eigenvalue weighted by atomic mass is 16.4. The molecular weight excluding hydrogens is 236 g/mol. The fourth-order valence-electron chi connectivity index (χ4n) is 2.75. The van der Waals surface area contributed by atoms with Crippen LogP contribution in [0.15, 0.2) is 47.6 Å². The van der Waals surface area contributed by atoms with Gasteiger partial charge in [-0.25, -0.2) is 0 Å². The van der Waals surface area contributed by atoms with Gasteiger partial charge in [0.15, 0.2) is 0 Å². The number of hydrogen-bond donors (Lipinski definition) is 1. The van der Waals surface area contributed by atoms with Crippen LogP contribution in [0.4, 0.5) is 0 Å². The summed E-state index contributed by atoms with van der Waals surface area (Å²) in [5.74, 6) is -0.775. The zero-order valence-corrected chi connectivity index (χ0v) is 11.5. The normalized spacial score (nSPS) is 16.5. The van der Waals surface area contributed by atoms with Crippen LogP contribution in [0, 0.1) is 6.92 Å². The molecule has 1 N–H and O–H groups in total. The number of carbonyl (C=O) groups is 1. The molecule has 19 heavy (non-hydrogen) atoms. The van der Waals surface area contributed by atoms with Crippen LogP contribution >= 0.6 is 0 Å². The maximum Gasteiger partial charge on any atom is 0.304 e. The topological polar surface area (TPSA) is 37.3 Å². The summed E-state index contributed by atoms with van der Waals surface area (Å²) in [5.41, 5.74) is 4.79. The predicted octanol–water partition coefficient (Wildman–Crippen LogP) is 4.22. The average Bonchev–Trinajstić information content (AvgIpc) is 2.37. The number of hydrogen-bond acceptors (Lipinski definition) is 1. The summed E-state index contributed by atoms with van der Waals surface area (Å²) in [6.45, 7) is 4.17. The molecule has 0 bridgehead atoms. The summed E-state index contributed by atoms with van der Waals surface area (Å²) in [6.07, 6.45) is 6.51. The number of aryl methyl sites for hydroxylation is 1. The Balaban J connectivity index is 2.45. The third-order valence-corrected chi connectivity index (χ3v) is 3.79. The van der Waals surface area contributed by atoms with E-state index >= 15 is 0 Å². The van der Waals surface area contributed by atoms with Crippen LogP contribution < -0.4 is 0 Å². The van der Waals surface area contributed by atoms with E-state index < -0.39 is 5.97 Å². The van der Waals surface area contributed by atoms with Crippen molar-refractivity contribution in [3.05, 3.63) is 58.7 Å². The molecule has 1 aromatic carbocycles. The van der Waals surface area contributed by atoms with E-state index in [4.69, 9.17) is 0 Å². The van der Waals surface area contributed by atoms with Gasteiger partial charge in [-0.15, -0.1) is 0 Å². The van der Waals surface area contributed by atoms with Crippen molar-refractivity contribution in [3.63, 3.8) is 0 Å². The lowest BCUT2D eigenvalue weighted by atomic mass is 9.81. The Kier molecular flexibility index (Phi) is 4.20. The van der Waals surface area contributed by atoms with E-state index in [0.717, 1.165) is 24.0 Å². The first-order chi connectivity index (χ1) is 9.09. The van der Waals surface area contributed by atoms with E-state index in [0.29, 0.717) is 0 Å². The van der Waals surface area contributed by atoms with Gasteiger partial charge in [-0.05, 0) is 43.4 Å². The van der Waals surface area contributed by atoms with Gasteiger partial charge in [0.25, 0.3) is 0 Å².